The van der Waals surface area contributed by atoms with E-state index in [1.54, 1.807) is 37.2 Å². The number of hydrogen-bond donors (Lipinski definition) is 0. The highest BCUT2D eigenvalue weighted by atomic mass is 19.3. The SMILES string of the molecule is CN(C)c1ccc(-c2cc3nccnc3c(OCC3CN(C(=O)C(F)F)CCO3)n2)cc1F. The molecule has 1 saturated heterocycles. The van der Waals surface area contributed by atoms with E-state index >= 15 is 0 Å². The highest BCUT2D eigenvalue weighted by Crippen LogP contribution is 2.29. The van der Waals surface area contributed by atoms with Gasteiger partial charge in [-0.25, -0.2) is 14.4 Å². The number of alkyl halides is 2. The van der Waals surface area contributed by atoms with Crippen molar-refractivity contribution in [1.82, 2.24) is 19.9 Å². The molecule has 0 saturated carbocycles. The molecular weight excluding hydrogens is 439 g/mol. The van der Waals surface area contributed by atoms with Gasteiger partial charge in [-0.3, -0.25) is 9.78 Å². The average molecular weight is 461 g/mol. The van der Waals surface area contributed by atoms with Gasteiger partial charge in [0.1, 0.15) is 18.5 Å². The van der Waals surface area contributed by atoms with Gasteiger partial charge in [-0.05, 0) is 18.2 Å². The lowest BCUT2D eigenvalue weighted by molar-refractivity contribution is -0.151. The van der Waals surface area contributed by atoms with Gasteiger partial charge in [0.2, 0.25) is 5.88 Å². The Kier molecular flexibility index (Phi) is 6.59. The Morgan fingerprint density at radius 1 is 1.27 bits per heavy atom. The summed E-state index contributed by atoms with van der Waals surface area (Å²) in [5.74, 6) is -1.49. The predicted octanol–water partition coefficient (Wildman–Crippen LogP) is 2.77. The largest absolute Gasteiger partial charge is 0.473 e. The maximum Gasteiger partial charge on any atom is 0.315 e. The van der Waals surface area contributed by atoms with Crippen molar-refractivity contribution in [2.45, 2.75) is 12.5 Å². The number of anilines is 1. The minimum Gasteiger partial charge on any atom is -0.473 e. The molecule has 1 amide bonds. The van der Waals surface area contributed by atoms with Crippen LogP contribution in [-0.4, -0.2) is 78.7 Å². The molecule has 1 fully saturated rings. The Labute approximate surface area is 188 Å². The summed E-state index contributed by atoms with van der Waals surface area (Å²) in [5.41, 5.74) is 2.28. The maximum atomic E-state index is 14.5. The standard InChI is InChI=1S/C22H22F3N5O3/c1-29(2)18-4-3-13(9-15(18)23)16-10-17-19(27-6-5-26-17)21(28-16)33-12-14-11-30(7-8-32-14)22(31)20(24)25/h3-6,9-10,14,20H,7-8,11-12H2,1-2H3. The smallest absolute Gasteiger partial charge is 0.315 e. The van der Waals surface area contributed by atoms with E-state index in [1.165, 1.54) is 18.5 Å². The lowest BCUT2D eigenvalue weighted by atomic mass is 10.1. The molecule has 0 radical (unpaired) electrons. The molecule has 174 valence electrons. The average Bonchev–Trinajstić information content (AvgIpc) is 2.81. The van der Waals surface area contributed by atoms with Gasteiger partial charge >= 0.3 is 6.43 Å². The first-order chi connectivity index (χ1) is 15.8. The van der Waals surface area contributed by atoms with Crippen molar-refractivity contribution >= 4 is 22.6 Å². The van der Waals surface area contributed by atoms with Crippen LogP contribution >= 0.6 is 0 Å². The van der Waals surface area contributed by atoms with Gasteiger partial charge in [0.05, 0.1) is 30.0 Å². The molecule has 0 N–H and O–H groups in total. The molecule has 11 heteroatoms. The first kappa shape index (κ1) is 22.7. The summed E-state index contributed by atoms with van der Waals surface area (Å²) in [5, 5.41) is 0. The number of nitrogens with zero attached hydrogens (tertiary/aromatic N) is 5. The molecule has 33 heavy (non-hydrogen) atoms. The molecular formula is C22H22F3N5O3. The summed E-state index contributed by atoms with van der Waals surface area (Å²) in [6.45, 7) is 0.154. The molecule has 0 spiro atoms. The van der Waals surface area contributed by atoms with Crippen LogP contribution in [0.2, 0.25) is 0 Å². The van der Waals surface area contributed by atoms with E-state index in [9.17, 15) is 18.0 Å². The first-order valence-electron chi connectivity index (χ1n) is 10.2. The number of benzene rings is 1. The van der Waals surface area contributed by atoms with E-state index in [1.807, 2.05) is 0 Å². The van der Waals surface area contributed by atoms with Gasteiger partial charge in [0.25, 0.3) is 5.91 Å². The van der Waals surface area contributed by atoms with Crippen LogP contribution in [0, 0.1) is 5.82 Å². The van der Waals surface area contributed by atoms with E-state index in [-0.39, 0.29) is 32.2 Å². The van der Waals surface area contributed by atoms with Gasteiger partial charge < -0.3 is 19.3 Å². The highest BCUT2D eigenvalue weighted by Gasteiger charge is 2.29. The van der Waals surface area contributed by atoms with Crippen molar-refractivity contribution in [2.75, 3.05) is 45.3 Å². The molecule has 1 aliphatic rings. The summed E-state index contributed by atoms with van der Waals surface area (Å²) in [6.07, 6.45) is -0.677. The topological polar surface area (TPSA) is 80.7 Å². The molecule has 3 aromatic rings. The second-order valence-corrected chi connectivity index (χ2v) is 7.69. The number of morpholine rings is 1. The minimum atomic E-state index is -3.07. The van der Waals surface area contributed by atoms with E-state index in [0.29, 0.717) is 28.0 Å². The van der Waals surface area contributed by atoms with Crippen LogP contribution in [-0.2, 0) is 9.53 Å². The van der Waals surface area contributed by atoms with Crippen LogP contribution in [0.3, 0.4) is 0 Å². The van der Waals surface area contributed by atoms with E-state index in [2.05, 4.69) is 15.0 Å². The van der Waals surface area contributed by atoms with Crippen molar-refractivity contribution in [3.63, 3.8) is 0 Å². The monoisotopic (exact) mass is 461 g/mol. The number of ether oxygens (including phenoxy) is 2. The summed E-state index contributed by atoms with van der Waals surface area (Å²) < 4.78 is 51.4. The number of pyridine rings is 1. The normalized spacial score (nSPS) is 16.3. The highest BCUT2D eigenvalue weighted by molar-refractivity contribution is 5.83. The quantitative estimate of drug-likeness (QED) is 0.559. The third-order valence-corrected chi connectivity index (χ3v) is 5.19. The van der Waals surface area contributed by atoms with Crippen molar-refractivity contribution in [2.24, 2.45) is 0 Å². The van der Waals surface area contributed by atoms with Gasteiger partial charge in [0.15, 0.2) is 5.52 Å². The van der Waals surface area contributed by atoms with Gasteiger partial charge in [-0.2, -0.15) is 8.78 Å². The number of hydrogen-bond acceptors (Lipinski definition) is 7. The van der Waals surface area contributed by atoms with E-state index < -0.39 is 24.3 Å². The maximum absolute atomic E-state index is 14.5. The summed E-state index contributed by atoms with van der Waals surface area (Å²) >= 11 is 0. The number of carbonyl (C=O) groups excluding carboxylic acids is 1. The fourth-order valence-corrected chi connectivity index (χ4v) is 3.55. The molecule has 1 unspecified atom stereocenters. The molecule has 0 bridgehead atoms. The van der Waals surface area contributed by atoms with Crippen molar-refractivity contribution < 1.29 is 27.4 Å². The Hall–Kier alpha value is -3.47. The molecule has 2 aromatic heterocycles. The Balaban J connectivity index is 1.59. The second kappa shape index (κ2) is 9.57. The second-order valence-electron chi connectivity index (χ2n) is 7.69. The van der Waals surface area contributed by atoms with Crippen LogP contribution in [0.25, 0.3) is 22.3 Å². The van der Waals surface area contributed by atoms with Crippen LogP contribution in [0.5, 0.6) is 5.88 Å². The molecule has 1 aromatic carbocycles. The molecule has 1 atom stereocenters. The Morgan fingerprint density at radius 3 is 2.79 bits per heavy atom. The number of carbonyl (C=O) groups is 1. The number of amides is 1. The fourth-order valence-electron chi connectivity index (χ4n) is 3.55. The summed E-state index contributed by atoms with van der Waals surface area (Å²) in [4.78, 5) is 27.4. The van der Waals surface area contributed by atoms with Crippen molar-refractivity contribution in [3.8, 4) is 17.1 Å². The zero-order chi connectivity index (χ0) is 23.5. The number of halogens is 3. The molecule has 3 heterocycles. The van der Waals surface area contributed by atoms with Crippen LogP contribution in [0.15, 0.2) is 36.7 Å². The zero-order valence-electron chi connectivity index (χ0n) is 18.0. The number of rotatable bonds is 6. The molecule has 4 rings (SSSR count). The predicted molar refractivity (Wildman–Crippen MR) is 115 cm³/mol. The lowest BCUT2D eigenvalue weighted by Gasteiger charge is -2.32. The van der Waals surface area contributed by atoms with Gasteiger partial charge in [-0.1, -0.05) is 6.07 Å². The summed E-state index contributed by atoms with van der Waals surface area (Å²) in [6, 6.07) is 6.45. The van der Waals surface area contributed by atoms with Gasteiger partial charge in [0, 0.05) is 38.6 Å². The third-order valence-electron chi connectivity index (χ3n) is 5.19. The minimum absolute atomic E-state index is 0.0241. The van der Waals surface area contributed by atoms with E-state index in [0.717, 1.165) is 4.90 Å². The Morgan fingerprint density at radius 2 is 2.06 bits per heavy atom. The first-order valence-corrected chi connectivity index (χ1v) is 10.2. The Bertz CT molecular complexity index is 1160. The fraction of sp³-hybridized carbons (Fsp3) is 0.364. The lowest BCUT2D eigenvalue weighted by Crippen LogP contribution is -2.49. The van der Waals surface area contributed by atoms with E-state index in [4.69, 9.17) is 9.47 Å². The zero-order valence-corrected chi connectivity index (χ0v) is 18.0. The van der Waals surface area contributed by atoms with Crippen LogP contribution < -0.4 is 9.64 Å². The molecule has 1 aliphatic heterocycles. The van der Waals surface area contributed by atoms with Crippen LogP contribution in [0.4, 0.5) is 18.9 Å². The summed E-state index contributed by atoms with van der Waals surface area (Å²) in [7, 11) is 3.49. The number of aromatic nitrogens is 3. The van der Waals surface area contributed by atoms with Crippen LogP contribution in [0.1, 0.15) is 0 Å². The number of fused-ring (bicyclic) bond motifs is 1. The molecule has 0 aliphatic carbocycles. The molecule has 8 nitrogen and oxygen atoms in total. The van der Waals surface area contributed by atoms with Gasteiger partial charge in [-0.15, -0.1) is 0 Å². The van der Waals surface area contributed by atoms with Crippen molar-refractivity contribution in [1.29, 1.82) is 0 Å². The van der Waals surface area contributed by atoms with Crippen molar-refractivity contribution in [3.05, 3.63) is 42.5 Å². The third kappa shape index (κ3) is 4.98.